The maximum atomic E-state index is 13.0. The maximum absolute atomic E-state index is 13.0. The molecule has 2 amide bonds. The summed E-state index contributed by atoms with van der Waals surface area (Å²) < 4.78 is 10.8. The molecule has 32 heavy (non-hydrogen) atoms. The summed E-state index contributed by atoms with van der Waals surface area (Å²) in [6, 6.07) is 6.04. The van der Waals surface area contributed by atoms with E-state index in [1.165, 1.54) is 18.1 Å². The lowest BCUT2D eigenvalue weighted by molar-refractivity contribution is -0.150. The lowest BCUT2D eigenvalue weighted by Gasteiger charge is -2.29. The molecule has 1 aliphatic rings. The molecular weight excluding hydrogens is 416 g/mol. The Morgan fingerprint density at radius 3 is 2.53 bits per heavy atom. The van der Waals surface area contributed by atoms with E-state index in [-0.39, 0.29) is 17.9 Å². The molecule has 2 rings (SSSR count). The first-order chi connectivity index (χ1) is 15.0. The predicted octanol–water partition coefficient (Wildman–Crippen LogP) is 0.617. The van der Waals surface area contributed by atoms with Crippen LogP contribution in [0.3, 0.4) is 0 Å². The number of para-hydroxylation sites is 2. The van der Waals surface area contributed by atoms with Gasteiger partial charge in [0.1, 0.15) is 36.7 Å². The number of anilines is 1. The van der Waals surface area contributed by atoms with Gasteiger partial charge in [0.25, 0.3) is 11.8 Å². The summed E-state index contributed by atoms with van der Waals surface area (Å²) in [5.74, 6) is -0.661. The molecule has 0 radical (unpaired) electrons. The van der Waals surface area contributed by atoms with Gasteiger partial charge >= 0.3 is 0 Å². The van der Waals surface area contributed by atoms with Crippen LogP contribution >= 0.6 is 0 Å². The molecule has 4 N–H and O–H groups in total. The molecule has 1 aromatic carbocycles. The molecule has 1 aliphatic heterocycles. The number of fused-ring (bicyclic) bond motifs is 1. The van der Waals surface area contributed by atoms with Gasteiger partial charge in [-0.05, 0) is 24.5 Å². The number of nitrogens with one attached hydrogen (secondary N) is 1. The highest BCUT2D eigenvalue weighted by molar-refractivity contribution is 6.01. The molecule has 1 aromatic rings. The van der Waals surface area contributed by atoms with Gasteiger partial charge in [-0.1, -0.05) is 45.1 Å². The van der Waals surface area contributed by atoms with Crippen molar-refractivity contribution in [3.8, 4) is 5.75 Å². The van der Waals surface area contributed by atoms with Crippen molar-refractivity contribution in [2.24, 2.45) is 5.41 Å². The Bertz CT molecular complexity index is 821. The third kappa shape index (κ3) is 6.29. The second-order valence-electron chi connectivity index (χ2n) is 8.78. The topological polar surface area (TPSA) is 129 Å². The number of carbonyl (C=O) groups is 2. The molecule has 9 heteroatoms. The Morgan fingerprint density at radius 1 is 1.28 bits per heavy atom. The first-order valence-corrected chi connectivity index (χ1v) is 10.6. The molecule has 0 spiro atoms. The van der Waals surface area contributed by atoms with Gasteiger partial charge in [0, 0.05) is 13.7 Å². The van der Waals surface area contributed by atoms with E-state index < -0.39 is 36.4 Å². The molecule has 1 heterocycles. The molecule has 5 atom stereocenters. The Balaban J connectivity index is 2.12. The highest BCUT2D eigenvalue weighted by Crippen LogP contribution is 2.30. The van der Waals surface area contributed by atoms with Gasteiger partial charge in [-0.15, -0.1) is 0 Å². The SMILES string of the molecule is CCN1C(=O)C(NC(=O)[C@H](OC)[C@H](O)[C@@H](O)[C@H](O)C=CC(C)(C)C)COc2ccccc21. The molecule has 0 aromatic heterocycles. The fourth-order valence-corrected chi connectivity index (χ4v) is 3.32. The van der Waals surface area contributed by atoms with Gasteiger partial charge in [0.05, 0.1) is 5.69 Å². The summed E-state index contributed by atoms with van der Waals surface area (Å²) in [5.41, 5.74) is 0.357. The largest absolute Gasteiger partial charge is 0.489 e. The number of amides is 2. The van der Waals surface area contributed by atoms with Crippen LogP contribution in [0.15, 0.2) is 36.4 Å². The van der Waals surface area contributed by atoms with Crippen molar-refractivity contribution in [2.45, 2.75) is 58.2 Å². The summed E-state index contributed by atoms with van der Waals surface area (Å²) in [4.78, 5) is 27.3. The Morgan fingerprint density at radius 2 is 1.94 bits per heavy atom. The number of rotatable bonds is 8. The van der Waals surface area contributed by atoms with Gasteiger partial charge < -0.3 is 35.0 Å². The van der Waals surface area contributed by atoms with Crippen molar-refractivity contribution in [1.82, 2.24) is 5.32 Å². The van der Waals surface area contributed by atoms with Gasteiger partial charge in [-0.25, -0.2) is 0 Å². The molecule has 0 aliphatic carbocycles. The number of carbonyl (C=O) groups excluding carboxylic acids is 2. The van der Waals surface area contributed by atoms with Crippen molar-refractivity contribution >= 4 is 17.5 Å². The van der Waals surface area contributed by atoms with Crippen LogP contribution in [0, 0.1) is 5.41 Å². The molecule has 0 saturated carbocycles. The van der Waals surface area contributed by atoms with E-state index in [1.807, 2.05) is 27.7 Å². The van der Waals surface area contributed by atoms with Crippen molar-refractivity contribution in [3.63, 3.8) is 0 Å². The molecular formula is C23H34N2O7. The van der Waals surface area contributed by atoms with Crippen molar-refractivity contribution in [1.29, 1.82) is 0 Å². The molecule has 178 valence electrons. The summed E-state index contributed by atoms with van der Waals surface area (Å²) >= 11 is 0. The monoisotopic (exact) mass is 450 g/mol. The van der Waals surface area contributed by atoms with Gasteiger partial charge in [0.15, 0.2) is 6.10 Å². The zero-order chi connectivity index (χ0) is 24.1. The Kier molecular flexibility index (Phi) is 8.80. The Labute approximate surface area is 188 Å². The van der Waals surface area contributed by atoms with E-state index in [2.05, 4.69) is 5.32 Å². The zero-order valence-corrected chi connectivity index (χ0v) is 19.2. The minimum absolute atomic E-state index is 0.107. The lowest BCUT2D eigenvalue weighted by Crippen LogP contribution is -2.57. The number of nitrogens with zero attached hydrogens (tertiary/aromatic N) is 1. The number of benzene rings is 1. The predicted molar refractivity (Wildman–Crippen MR) is 119 cm³/mol. The van der Waals surface area contributed by atoms with E-state index in [0.29, 0.717) is 18.0 Å². The fraction of sp³-hybridized carbons (Fsp3) is 0.565. The number of hydrogen-bond donors (Lipinski definition) is 4. The molecule has 9 nitrogen and oxygen atoms in total. The molecule has 0 saturated heterocycles. The van der Waals surface area contributed by atoms with Crippen LogP contribution in [-0.4, -0.2) is 77.9 Å². The van der Waals surface area contributed by atoms with Gasteiger partial charge in [-0.2, -0.15) is 0 Å². The average Bonchev–Trinajstić information content (AvgIpc) is 2.87. The van der Waals surface area contributed by atoms with Crippen LogP contribution < -0.4 is 15.0 Å². The quantitative estimate of drug-likeness (QED) is 0.427. The number of hydrogen-bond acceptors (Lipinski definition) is 7. The van der Waals surface area contributed by atoms with Crippen LogP contribution in [0.4, 0.5) is 5.69 Å². The van der Waals surface area contributed by atoms with Crippen LogP contribution in [0.1, 0.15) is 27.7 Å². The normalized spacial score (nSPS) is 20.7. The van der Waals surface area contributed by atoms with Crippen molar-refractivity contribution in [3.05, 3.63) is 36.4 Å². The number of allylic oxidation sites excluding steroid dienone is 1. The van der Waals surface area contributed by atoms with E-state index in [1.54, 1.807) is 30.3 Å². The lowest BCUT2D eigenvalue weighted by atomic mass is 9.94. The standard InChI is InChI=1S/C23H34N2O7/c1-6-25-15-9-7-8-10-17(15)32-13-14(22(25)30)24-21(29)20(31-5)19(28)18(27)16(26)11-12-23(2,3)4/h7-12,14,16,18-20,26-28H,6,13H2,1-5H3,(H,24,29)/t14?,16-,18+,19-,20-/m1/s1. The third-order valence-electron chi connectivity index (χ3n) is 5.07. The van der Waals surface area contributed by atoms with E-state index >= 15 is 0 Å². The van der Waals surface area contributed by atoms with Crippen molar-refractivity contribution < 1.29 is 34.4 Å². The number of ether oxygens (including phenoxy) is 2. The minimum atomic E-state index is -1.74. The molecule has 0 bridgehead atoms. The summed E-state index contributed by atoms with van der Waals surface area (Å²) in [7, 11) is 1.19. The minimum Gasteiger partial charge on any atom is -0.489 e. The third-order valence-corrected chi connectivity index (χ3v) is 5.07. The Hall–Kier alpha value is -2.46. The number of aliphatic hydroxyl groups excluding tert-OH is 3. The van der Waals surface area contributed by atoms with E-state index in [0.717, 1.165) is 0 Å². The fourth-order valence-electron chi connectivity index (χ4n) is 3.32. The number of likely N-dealkylation sites (N-methyl/N-ethyl adjacent to an activating group) is 1. The van der Waals surface area contributed by atoms with Crippen LogP contribution in [0.2, 0.25) is 0 Å². The molecule has 1 unspecified atom stereocenters. The second kappa shape index (κ2) is 10.9. The average molecular weight is 451 g/mol. The van der Waals surface area contributed by atoms with Crippen LogP contribution in [0.25, 0.3) is 0 Å². The van der Waals surface area contributed by atoms with Crippen LogP contribution in [-0.2, 0) is 14.3 Å². The number of methoxy groups -OCH3 is 1. The first kappa shape index (κ1) is 25.8. The first-order valence-electron chi connectivity index (χ1n) is 10.6. The van der Waals surface area contributed by atoms with Crippen LogP contribution in [0.5, 0.6) is 5.75 Å². The van der Waals surface area contributed by atoms with Gasteiger partial charge in [-0.3, -0.25) is 9.59 Å². The maximum Gasteiger partial charge on any atom is 0.253 e. The summed E-state index contributed by atoms with van der Waals surface area (Å²) in [6.07, 6.45) is -3.30. The van der Waals surface area contributed by atoms with E-state index in [9.17, 15) is 24.9 Å². The highest BCUT2D eigenvalue weighted by atomic mass is 16.5. The summed E-state index contributed by atoms with van der Waals surface area (Å²) in [6.45, 7) is 7.80. The summed E-state index contributed by atoms with van der Waals surface area (Å²) in [5, 5.41) is 33.5. The number of aliphatic hydroxyl groups is 3. The van der Waals surface area contributed by atoms with E-state index in [4.69, 9.17) is 9.47 Å². The second-order valence-corrected chi connectivity index (χ2v) is 8.78. The smallest absolute Gasteiger partial charge is 0.253 e. The zero-order valence-electron chi connectivity index (χ0n) is 19.2. The van der Waals surface area contributed by atoms with Gasteiger partial charge in [0.2, 0.25) is 0 Å². The molecule has 0 fully saturated rings. The highest BCUT2D eigenvalue weighted by Gasteiger charge is 2.38. The van der Waals surface area contributed by atoms with Crippen molar-refractivity contribution in [2.75, 3.05) is 25.2 Å².